The van der Waals surface area contributed by atoms with E-state index in [4.69, 9.17) is 10.5 Å². The van der Waals surface area contributed by atoms with Gasteiger partial charge in [-0.05, 0) is 6.42 Å². The Hall–Kier alpha value is -2.15. The van der Waals surface area contributed by atoms with E-state index in [1.165, 1.54) is 0 Å². The summed E-state index contributed by atoms with van der Waals surface area (Å²) in [5, 5.41) is 12.5. The van der Waals surface area contributed by atoms with Crippen molar-refractivity contribution in [1.29, 1.82) is 0 Å². The lowest BCUT2D eigenvalue weighted by Crippen LogP contribution is -2.24. The fraction of sp³-hybridized carbons (Fsp3) is 0.462. The molecule has 0 aliphatic carbocycles. The van der Waals surface area contributed by atoms with Gasteiger partial charge in [0, 0.05) is 6.07 Å². The van der Waals surface area contributed by atoms with E-state index in [-0.39, 0.29) is 18.6 Å². The van der Waals surface area contributed by atoms with E-state index in [0.717, 1.165) is 12.8 Å². The Kier molecular flexibility index (Phi) is 4.52. The molecule has 0 aliphatic heterocycles. The topological polar surface area (TPSA) is 106 Å². The summed E-state index contributed by atoms with van der Waals surface area (Å²) in [7, 11) is 1.57. The summed E-state index contributed by atoms with van der Waals surface area (Å²) >= 11 is 0. The molecule has 0 aliphatic rings. The third-order valence-electron chi connectivity index (χ3n) is 2.96. The molecule has 2 heterocycles. The molecule has 7 heteroatoms. The van der Waals surface area contributed by atoms with E-state index >= 15 is 0 Å². The van der Waals surface area contributed by atoms with Gasteiger partial charge in [0.1, 0.15) is 16.8 Å². The molecule has 0 unspecified atom stereocenters. The number of nitrogens with two attached hydrogens (primary N) is 1. The Morgan fingerprint density at radius 1 is 1.45 bits per heavy atom. The molecule has 2 aromatic heterocycles. The van der Waals surface area contributed by atoms with Crippen molar-refractivity contribution < 1.29 is 9.84 Å². The summed E-state index contributed by atoms with van der Waals surface area (Å²) < 4.78 is 5.12. The molecule has 2 rings (SSSR count). The summed E-state index contributed by atoms with van der Waals surface area (Å²) in [6.07, 6.45) is 3.39. The summed E-state index contributed by atoms with van der Waals surface area (Å²) in [6.45, 7) is 2.08. The van der Waals surface area contributed by atoms with Crippen molar-refractivity contribution in [2.24, 2.45) is 0 Å². The van der Waals surface area contributed by atoms with Gasteiger partial charge in [0.25, 0.3) is 0 Å². The zero-order valence-electron chi connectivity index (χ0n) is 11.6. The molecular formula is C13H19N5O2. The van der Waals surface area contributed by atoms with Gasteiger partial charge < -0.3 is 20.9 Å². The summed E-state index contributed by atoms with van der Waals surface area (Å²) in [5.41, 5.74) is 6.92. The van der Waals surface area contributed by atoms with Gasteiger partial charge in [-0.1, -0.05) is 13.3 Å². The van der Waals surface area contributed by atoms with Crippen LogP contribution in [0.3, 0.4) is 0 Å². The van der Waals surface area contributed by atoms with Gasteiger partial charge in [-0.3, -0.25) is 0 Å². The number of fused-ring (bicyclic) bond motifs is 1. The van der Waals surface area contributed by atoms with Gasteiger partial charge in [0.2, 0.25) is 5.95 Å². The number of hydrogen-bond acceptors (Lipinski definition) is 7. The number of aliphatic hydroxyl groups is 1. The number of nitrogens with zero attached hydrogens (tertiary/aromatic N) is 3. The molecule has 0 amide bonds. The van der Waals surface area contributed by atoms with Gasteiger partial charge in [0.15, 0.2) is 5.82 Å². The number of aromatic nitrogens is 3. The zero-order chi connectivity index (χ0) is 14.5. The smallest absolute Gasteiger partial charge is 0.222 e. The Morgan fingerprint density at radius 3 is 2.90 bits per heavy atom. The summed E-state index contributed by atoms with van der Waals surface area (Å²) in [5.74, 6) is 1.29. The minimum absolute atomic E-state index is 0.0232. The SMILES string of the molecule is CCC[C@@H](CO)Nc1nc(N)nc2cc(OC)cnc12. The van der Waals surface area contributed by atoms with Crippen LogP contribution in [0.25, 0.3) is 11.0 Å². The molecule has 0 aromatic carbocycles. The Morgan fingerprint density at radius 2 is 2.25 bits per heavy atom. The minimum Gasteiger partial charge on any atom is -0.495 e. The van der Waals surface area contributed by atoms with Crippen molar-refractivity contribution in [3.8, 4) is 5.75 Å². The second-order valence-electron chi connectivity index (χ2n) is 4.49. The monoisotopic (exact) mass is 277 g/mol. The van der Waals surface area contributed by atoms with Crippen LogP contribution >= 0.6 is 0 Å². The lowest BCUT2D eigenvalue weighted by molar-refractivity contribution is 0.268. The molecule has 108 valence electrons. The third-order valence-corrected chi connectivity index (χ3v) is 2.96. The standard InChI is InChI=1S/C13H19N5O2/c1-3-4-8(7-19)16-12-11-10(17-13(14)18-12)5-9(20-2)6-15-11/h5-6,8,19H,3-4,7H2,1-2H3,(H3,14,16,17,18)/t8-/m0/s1. The number of methoxy groups -OCH3 is 1. The maximum Gasteiger partial charge on any atom is 0.222 e. The highest BCUT2D eigenvalue weighted by Crippen LogP contribution is 2.23. The van der Waals surface area contributed by atoms with E-state index < -0.39 is 0 Å². The van der Waals surface area contributed by atoms with Gasteiger partial charge in [0.05, 0.1) is 26.0 Å². The lowest BCUT2D eigenvalue weighted by atomic mass is 10.2. The first-order valence-corrected chi connectivity index (χ1v) is 6.52. The average molecular weight is 277 g/mol. The van der Waals surface area contributed by atoms with E-state index in [0.29, 0.717) is 22.6 Å². The Bertz CT molecular complexity index is 590. The van der Waals surface area contributed by atoms with E-state index in [1.807, 2.05) is 0 Å². The first kappa shape index (κ1) is 14.3. The first-order valence-electron chi connectivity index (χ1n) is 6.52. The molecule has 7 nitrogen and oxygen atoms in total. The fourth-order valence-electron chi connectivity index (χ4n) is 1.98. The number of pyridine rings is 1. The molecule has 0 saturated heterocycles. The molecule has 2 aromatic rings. The van der Waals surface area contributed by atoms with Crippen LogP contribution in [0.15, 0.2) is 12.3 Å². The largest absolute Gasteiger partial charge is 0.495 e. The average Bonchev–Trinajstić information content (AvgIpc) is 2.45. The molecule has 0 radical (unpaired) electrons. The number of rotatable bonds is 6. The van der Waals surface area contributed by atoms with Crippen LogP contribution in [0.1, 0.15) is 19.8 Å². The minimum atomic E-state index is -0.0820. The van der Waals surface area contributed by atoms with Crippen LogP contribution in [-0.4, -0.2) is 39.8 Å². The van der Waals surface area contributed by atoms with Crippen molar-refractivity contribution >= 4 is 22.8 Å². The zero-order valence-corrected chi connectivity index (χ0v) is 11.6. The van der Waals surface area contributed by atoms with Crippen LogP contribution in [0, 0.1) is 0 Å². The molecule has 1 atom stereocenters. The van der Waals surface area contributed by atoms with Crippen molar-refractivity contribution in [3.05, 3.63) is 12.3 Å². The molecule has 0 bridgehead atoms. The number of anilines is 2. The summed E-state index contributed by atoms with van der Waals surface area (Å²) in [4.78, 5) is 12.6. The highest BCUT2D eigenvalue weighted by molar-refractivity contribution is 5.86. The second-order valence-corrected chi connectivity index (χ2v) is 4.49. The number of aliphatic hydroxyl groups excluding tert-OH is 1. The van der Waals surface area contributed by atoms with Gasteiger partial charge >= 0.3 is 0 Å². The predicted octanol–water partition coefficient (Wildman–Crippen LogP) is 1.19. The van der Waals surface area contributed by atoms with Crippen molar-refractivity contribution in [2.45, 2.75) is 25.8 Å². The van der Waals surface area contributed by atoms with Gasteiger partial charge in [-0.15, -0.1) is 0 Å². The van der Waals surface area contributed by atoms with Crippen LogP contribution in [0.5, 0.6) is 5.75 Å². The van der Waals surface area contributed by atoms with E-state index in [1.54, 1.807) is 19.4 Å². The van der Waals surface area contributed by atoms with Gasteiger partial charge in [-0.25, -0.2) is 9.97 Å². The van der Waals surface area contributed by atoms with Crippen LogP contribution in [0.4, 0.5) is 11.8 Å². The van der Waals surface area contributed by atoms with Crippen molar-refractivity contribution in [1.82, 2.24) is 15.0 Å². The molecule has 20 heavy (non-hydrogen) atoms. The second kappa shape index (κ2) is 6.33. The van der Waals surface area contributed by atoms with Crippen LogP contribution in [-0.2, 0) is 0 Å². The molecule has 4 N–H and O–H groups in total. The predicted molar refractivity (Wildman–Crippen MR) is 77.7 cm³/mol. The maximum absolute atomic E-state index is 9.36. The molecular weight excluding hydrogens is 258 g/mol. The molecule has 0 spiro atoms. The van der Waals surface area contributed by atoms with Crippen molar-refractivity contribution in [3.63, 3.8) is 0 Å². The fourth-order valence-corrected chi connectivity index (χ4v) is 1.98. The normalized spacial score (nSPS) is 12.3. The molecule has 0 saturated carbocycles. The highest BCUT2D eigenvalue weighted by Gasteiger charge is 2.13. The number of nitrogen functional groups attached to an aromatic ring is 1. The van der Waals surface area contributed by atoms with Crippen LogP contribution in [0.2, 0.25) is 0 Å². The first-order chi connectivity index (χ1) is 9.67. The van der Waals surface area contributed by atoms with E-state index in [2.05, 4.69) is 27.2 Å². The van der Waals surface area contributed by atoms with Gasteiger partial charge in [-0.2, -0.15) is 4.98 Å². The Balaban J connectivity index is 2.41. The van der Waals surface area contributed by atoms with Crippen molar-refractivity contribution in [2.75, 3.05) is 24.8 Å². The maximum atomic E-state index is 9.36. The highest BCUT2D eigenvalue weighted by atomic mass is 16.5. The lowest BCUT2D eigenvalue weighted by Gasteiger charge is -2.17. The number of ether oxygens (including phenoxy) is 1. The number of hydrogen-bond donors (Lipinski definition) is 3. The van der Waals surface area contributed by atoms with E-state index in [9.17, 15) is 5.11 Å². The third kappa shape index (κ3) is 3.05. The quantitative estimate of drug-likeness (QED) is 0.728. The van der Waals surface area contributed by atoms with Crippen LogP contribution < -0.4 is 15.8 Å². The summed E-state index contributed by atoms with van der Waals surface area (Å²) in [6, 6.07) is 1.67. The Labute approximate surface area is 117 Å². The molecule has 0 fully saturated rings. The number of nitrogens with one attached hydrogen (secondary N) is 1.